The van der Waals surface area contributed by atoms with Gasteiger partial charge in [0.1, 0.15) is 18.3 Å². The van der Waals surface area contributed by atoms with Crippen LogP contribution in [0.5, 0.6) is 0 Å². The molecule has 0 aromatic heterocycles. The van der Waals surface area contributed by atoms with E-state index in [-0.39, 0.29) is 6.54 Å². The zero-order chi connectivity index (χ0) is 15.3. The zero-order valence-electron chi connectivity index (χ0n) is 10.1. The molecule has 6 N–H and O–H groups in total. The topological polar surface area (TPSA) is 175 Å². The number of phosphoric acid groups is 1. The molecule has 1 heterocycles. The number of carbonyl (C=O) groups excluding carboxylic acids is 2. The first-order valence-corrected chi connectivity index (χ1v) is 6.95. The lowest BCUT2D eigenvalue weighted by molar-refractivity contribution is -0.127. The van der Waals surface area contributed by atoms with Crippen LogP contribution in [0.25, 0.3) is 0 Å². The molecule has 0 spiro atoms. The number of ether oxygens (including phenoxy) is 1. The standard InChI is InChI=1S/C8H15N2O9P/c11-3-9-1-5(12)10-8-7(14)6(13)4(19-8)2-18-20(15,16)17/h3-4,6-8,13-14H,1-2H2,(H,9,11)(H,10,12)(H2,15,16,17)/t4-,6+,7-,8-/m1/s1. The van der Waals surface area contributed by atoms with Gasteiger partial charge in [-0.05, 0) is 0 Å². The molecule has 2 amide bonds. The highest BCUT2D eigenvalue weighted by atomic mass is 31.2. The predicted octanol–water partition coefficient (Wildman–Crippen LogP) is -3.60. The molecule has 20 heavy (non-hydrogen) atoms. The minimum Gasteiger partial charge on any atom is -0.387 e. The van der Waals surface area contributed by atoms with Gasteiger partial charge in [0.15, 0.2) is 6.23 Å². The second kappa shape index (κ2) is 7.09. The quantitative estimate of drug-likeness (QED) is 0.205. The van der Waals surface area contributed by atoms with Crippen molar-refractivity contribution in [2.24, 2.45) is 0 Å². The summed E-state index contributed by atoms with van der Waals surface area (Å²) in [6.07, 6.45) is -5.19. The van der Waals surface area contributed by atoms with Crippen LogP contribution in [0.1, 0.15) is 0 Å². The van der Waals surface area contributed by atoms with E-state index in [1.165, 1.54) is 0 Å². The van der Waals surface area contributed by atoms with Gasteiger partial charge < -0.3 is 35.4 Å². The Morgan fingerprint density at radius 1 is 1.35 bits per heavy atom. The van der Waals surface area contributed by atoms with Crippen molar-refractivity contribution in [2.75, 3.05) is 13.2 Å². The summed E-state index contributed by atoms with van der Waals surface area (Å²) in [6.45, 7) is -1.02. The first-order chi connectivity index (χ1) is 9.24. The molecule has 0 bridgehead atoms. The van der Waals surface area contributed by atoms with Crippen molar-refractivity contribution in [3.8, 4) is 0 Å². The summed E-state index contributed by atoms with van der Waals surface area (Å²) < 4.78 is 19.7. The van der Waals surface area contributed by atoms with Crippen LogP contribution in [-0.4, -0.2) is 70.0 Å². The lowest BCUT2D eigenvalue weighted by Gasteiger charge is -2.16. The van der Waals surface area contributed by atoms with Gasteiger partial charge in [-0.15, -0.1) is 0 Å². The van der Waals surface area contributed by atoms with E-state index in [9.17, 15) is 24.4 Å². The maximum absolute atomic E-state index is 11.3. The Bertz CT molecular complexity index is 399. The number of hydrogen-bond donors (Lipinski definition) is 6. The van der Waals surface area contributed by atoms with Gasteiger partial charge >= 0.3 is 7.82 Å². The number of carbonyl (C=O) groups is 2. The summed E-state index contributed by atoms with van der Waals surface area (Å²) in [5, 5.41) is 23.4. The minimum atomic E-state index is -4.74. The molecule has 1 fully saturated rings. The lowest BCUT2D eigenvalue weighted by atomic mass is 10.1. The van der Waals surface area contributed by atoms with E-state index in [4.69, 9.17) is 14.5 Å². The van der Waals surface area contributed by atoms with Crippen LogP contribution in [0.15, 0.2) is 0 Å². The fourth-order valence-electron chi connectivity index (χ4n) is 1.52. The van der Waals surface area contributed by atoms with Crippen LogP contribution in [0.4, 0.5) is 0 Å². The van der Waals surface area contributed by atoms with Crippen molar-refractivity contribution in [3.63, 3.8) is 0 Å². The van der Waals surface area contributed by atoms with Gasteiger partial charge in [-0.3, -0.25) is 14.1 Å². The summed E-state index contributed by atoms with van der Waals surface area (Å²) in [5.41, 5.74) is 0. The van der Waals surface area contributed by atoms with Gasteiger partial charge in [0.25, 0.3) is 0 Å². The number of nitrogens with one attached hydrogen (secondary N) is 2. The number of hydrogen-bond acceptors (Lipinski definition) is 7. The van der Waals surface area contributed by atoms with E-state index in [0.717, 1.165) is 0 Å². The SMILES string of the molecule is O=CNCC(=O)N[C@@H]1O[C@H](COP(=O)(O)O)[C@H](O)[C@H]1O. The van der Waals surface area contributed by atoms with Crippen molar-refractivity contribution in [3.05, 3.63) is 0 Å². The Labute approximate surface area is 113 Å². The molecule has 0 saturated carbocycles. The largest absolute Gasteiger partial charge is 0.469 e. The van der Waals surface area contributed by atoms with Crippen LogP contribution >= 0.6 is 7.82 Å². The maximum atomic E-state index is 11.3. The van der Waals surface area contributed by atoms with Gasteiger partial charge in [0.05, 0.1) is 13.2 Å². The van der Waals surface area contributed by atoms with Gasteiger partial charge in [-0.25, -0.2) is 4.57 Å². The van der Waals surface area contributed by atoms with Crippen LogP contribution < -0.4 is 10.6 Å². The molecule has 12 heteroatoms. The van der Waals surface area contributed by atoms with Crippen molar-refractivity contribution < 1.29 is 43.4 Å². The molecule has 0 unspecified atom stereocenters. The molecular weight excluding hydrogens is 299 g/mol. The van der Waals surface area contributed by atoms with Crippen LogP contribution in [0.2, 0.25) is 0 Å². The molecule has 0 aromatic rings. The molecular formula is C8H15N2O9P. The first-order valence-electron chi connectivity index (χ1n) is 5.42. The summed E-state index contributed by atoms with van der Waals surface area (Å²) in [5.74, 6) is -0.676. The van der Waals surface area contributed by atoms with E-state index in [2.05, 4.69) is 15.2 Å². The fourth-order valence-corrected chi connectivity index (χ4v) is 1.86. The number of phosphoric ester groups is 1. The number of aliphatic hydroxyl groups excluding tert-OH is 2. The third-order valence-corrected chi connectivity index (χ3v) is 2.90. The average Bonchev–Trinajstić information content (AvgIpc) is 2.61. The molecule has 0 aliphatic carbocycles. The predicted molar refractivity (Wildman–Crippen MR) is 60.9 cm³/mol. The van der Waals surface area contributed by atoms with E-state index >= 15 is 0 Å². The second-order valence-electron chi connectivity index (χ2n) is 3.93. The number of rotatable bonds is 7. The molecule has 116 valence electrons. The van der Waals surface area contributed by atoms with Gasteiger partial charge in [0.2, 0.25) is 12.3 Å². The Hall–Kier alpha value is -1.07. The van der Waals surface area contributed by atoms with Crippen LogP contribution in [0, 0.1) is 0 Å². The highest BCUT2D eigenvalue weighted by Gasteiger charge is 2.44. The molecule has 1 rings (SSSR count). The van der Waals surface area contributed by atoms with Crippen molar-refractivity contribution in [1.82, 2.24) is 10.6 Å². The van der Waals surface area contributed by atoms with E-state index < -0.39 is 44.9 Å². The second-order valence-corrected chi connectivity index (χ2v) is 5.17. The third kappa shape index (κ3) is 5.13. The molecule has 4 atom stereocenters. The molecule has 0 radical (unpaired) electrons. The lowest BCUT2D eigenvalue weighted by Crippen LogP contribution is -2.46. The molecule has 1 aliphatic rings. The molecule has 11 nitrogen and oxygen atoms in total. The van der Waals surface area contributed by atoms with Gasteiger partial charge in [-0.1, -0.05) is 0 Å². The smallest absolute Gasteiger partial charge is 0.387 e. The third-order valence-electron chi connectivity index (χ3n) is 2.42. The highest BCUT2D eigenvalue weighted by Crippen LogP contribution is 2.37. The Morgan fingerprint density at radius 2 is 2.00 bits per heavy atom. The van der Waals surface area contributed by atoms with Crippen molar-refractivity contribution in [2.45, 2.75) is 24.5 Å². The van der Waals surface area contributed by atoms with E-state index in [0.29, 0.717) is 6.41 Å². The first kappa shape index (κ1) is 17.0. The summed E-state index contributed by atoms with van der Waals surface area (Å²) in [4.78, 5) is 38.3. The maximum Gasteiger partial charge on any atom is 0.469 e. The van der Waals surface area contributed by atoms with E-state index in [1.807, 2.05) is 0 Å². The fraction of sp³-hybridized carbons (Fsp3) is 0.750. The monoisotopic (exact) mass is 314 g/mol. The van der Waals surface area contributed by atoms with Crippen molar-refractivity contribution in [1.29, 1.82) is 0 Å². The summed E-state index contributed by atoms with van der Waals surface area (Å²) in [7, 11) is -4.74. The average molecular weight is 314 g/mol. The highest BCUT2D eigenvalue weighted by molar-refractivity contribution is 7.46. The molecule has 0 aromatic carbocycles. The molecule has 1 saturated heterocycles. The Morgan fingerprint density at radius 3 is 2.55 bits per heavy atom. The number of amides is 2. The van der Waals surface area contributed by atoms with Crippen LogP contribution in [-0.2, 0) is 23.4 Å². The van der Waals surface area contributed by atoms with Crippen LogP contribution in [0.3, 0.4) is 0 Å². The number of aliphatic hydroxyl groups is 2. The molecule has 1 aliphatic heterocycles. The van der Waals surface area contributed by atoms with Gasteiger partial charge in [-0.2, -0.15) is 0 Å². The van der Waals surface area contributed by atoms with Crippen molar-refractivity contribution >= 4 is 20.1 Å². The summed E-state index contributed by atoms with van der Waals surface area (Å²) >= 11 is 0. The Balaban J connectivity index is 2.49. The zero-order valence-corrected chi connectivity index (χ0v) is 11.0. The summed E-state index contributed by atoms with van der Waals surface area (Å²) in [6, 6.07) is 0. The Kier molecular flexibility index (Phi) is 6.02. The normalized spacial score (nSPS) is 30.0. The minimum absolute atomic E-state index is 0.303. The van der Waals surface area contributed by atoms with Gasteiger partial charge in [0, 0.05) is 0 Å². The van der Waals surface area contributed by atoms with E-state index in [1.54, 1.807) is 0 Å².